The van der Waals surface area contributed by atoms with Crippen LogP contribution in [0.1, 0.15) is 11.1 Å². The van der Waals surface area contributed by atoms with Crippen LogP contribution in [0.15, 0.2) is 18.2 Å². The summed E-state index contributed by atoms with van der Waals surface area (Å²) < 4.78 is 15.9. The molecule has 1 aromatic rings. The Labute approximate surface area is 111 Å². The predicted octanol–water partition coefficient (Wildman–Crippen LogP) is 2.93. The van der Waals surface area contributed by atoms with E-state index in [2.05, 4.69) is 28.9 Å². The molecule has 0 unspecified atom stereocenters. The van der Waals surface area contributed by atoms with Gasteiger partial charge in [-0.05, 0) is 13.0 Å². The second kappa shape index (κ2) is 8.50. The lowest BCUT2D eigenvalue weighted by Gasteiger charge is -2.11. The average Bonchev–Trinajstić information content (AvgIpc) is 2.35. The van der Waals surface area contributed by atoms with E-state index >= 15 is 0 Å². The second-order valence-corrected chi connectivity index (χ2v) is 4.26. The zero-order chi connectivity index (χ0) is 12.5. The number of benzene rings is 1. The van der Waals surface area contributed by atoms with Crippen LogP contribution in [0.25, 0.3) is 0 Å². The fourth-order valence-corrected chi connectivity index (χ4v) is 1.85. The van der Waals surface area contributed by atoms with Crippen molar-refractivity contribution in [3.05, 3.63) is 29.3 Å². The van der Waals surface area contributed by atoms with Gasteiger partial charge in [0, 0.05) is 18.0 Å². The van der Waals surface area contributed by atoms with Crippen LogP contribution < -0.4 is 4.74 Å². The highest BCUT2D eigenvalue weighted by Crippen LogP contribution is 2.22. The smallest absolute Gasteiger partial charge is 0.123 e. The van der Waals surface area contributed by atoms with Gasteiger partial charge in [0.1, 0.15) is 12.4 Å². The van der Waals surface area contributed by atoms with Crippen molar-refractivity contribution in [2.75, 3.05) is 33.5 Å². The van der Waals surface area contributed by atoms with Gasteiger partial charge in [-0.3, -0.25) is 0 Å². The minimum atomic E-state index is 0.562. The maximum Gasteiger partial charge on any atom is 0.123 e. The number of ether oxygens (including phenoxy) is 3. The third-order valence-electron chi connectivity index (χ3n) is 2.28. The van der Waals surface area contributed by atoms with E-state index in [1.807, 2.05) is 12.1 Å². The van der Waals surface area contributed by atoms with Crippen molar-refractivity contribution >= 4 is 15.9 Å². The Balaban J connectivity index is 2.31. The number of alkyl halides is 1. The van der Waals surface area contributed by atoms with Crippen LogP contribution in [0.3, 0.4) is 0 Å². The summed E-state index contributed by atoms with van der Waals surface area (Å²) in [6.45, 7) is 4.45. The van der Waals surface area contributed by atoms with E-state index in [-0.39, 0.29) is 0 Å². The van der Waals surface area contributed by atoms with E-state index in [4.69, 9.17) is 14.2 Å². The molecule has 0 saturated carbocycles. The van der Waals surface area contributed by atoms with E-state index < -0.39 is 0 Å². The van der Waals surface area contributed by atoms with Crippen LogP contribution in [0.4, 0.5) is 0 Å². The van der Waals surface area contributed by atoms with Gasteiger partial charge in [0.2, 0.25) is 0 Å². The highest BCUT2D eigenvalue weighted by atomic mass is 79.9. The van der Waals surface area contributed by atoms with Crippen molar-refractivity contribution in [3.63, 3.8) is 0 Å². The standard InChI is InChI=1S/C13H19BrO3/c1-11-3-4-13(12(9-11)10-14)17-8-7-16-6-5-15-2/h3-4,9H,5-8,10H2,1-2H3. The largest absolute Gasteiger partial charge is 0.491 e. The molecule has 0 aliphatic carbocycles. The molecule has 0 heterocycles. The first-order chi connectivity index (χ1) is 8.27. The van der Waals surface area contributed by atoms with Gasteiger partial charge in [-0.15, -0.1) is 0 Å². The van der Waals surface area contributed by atoms with Crippen molar-refractivity contribution in [2.24, 2.45) is 0 Å². The average molecular weight is 303 g/mol. The first-order valence-electron chi connectivity index (χ1n) is 5.63. The van der Waals surface area contributed by atoms with Gasteiger partial charge in [0.15, 0.2) is 0 Å². The Bertz CT molecular complexity index is 328. The van der Waals surface area contributed by atoms with Crippen LogP contribution in [0.2, 0.25) is 0 Å². The number of rotatable bonds is 8. The highest BCUT2D eigenvalue weighted by molar-refractivity contribution is 9.08. The van der Waals surface area contributed by atoms with Gasteiger partial charge in [0.25, 0.3) is 0 Å². The van der Waals surface area contributed by atoms with Crippen molar-refractivity contribution in [2.45, 2.75) is 12.3 Å². The SMILES string of the molecule is COCCOCCOc1ccc(C)cc1CBr. The summed E-state index contributed by atoms with van der Waals surface area (Å²) in [7, 11) is 1.66. The van der Waals surface area contributed by atoms with Crippen LogP contribution in [0, 0.1) is 6.92 Å². The first-order valence-corrected chi connectivity index (χ1v) is 6.75. The van der Waals surface area contributed by atoms with Crippen molar-refractivity contribution in [1.82, 2.24) is 0 Å². The number of hydrogen-bond donors (Lipinski definition) is 0. The molecule has 0 bridgehead atoms. The maximum absolute atomic E-state index is 5.67. The van der Waals surface area contributed by atoms with Gasteiger partial charge in [-0.2, -0.15) is 0 Å². The Morgan fingerprint density at radius 2 is 1.88 bits per heavy atom. The van der Waals surface area contributed by atoms with E-state index in [9.17, 15) is 0 Å². The number of methoxy groups -OCH3 is 1. The maximum atomic E-state index is 5.67. The van der Waals surface area contributed by atoms with Crippen molar-refractivity contribution in [1.29, 1.82) is 0 Å². The molecule has 3 nitrogen and oxygen atoms in total. The predicted molar refractivity (Wildman–Crippen MR) is 72.0 cm³/mol. The lowest BCUT2D eigenvalue weighted by molar-refractivity contribution is 0.0543. The molecule has 1 rings (SSSR count). The summed E-state index contributed by atoms with van der Waals surface area (Å²) in [5.41, 5.74) is 2.41. The monoisotopic (exact) mass is 302 g/mol. The molecule has 0 aliphatic heterocycles. The van der Waals surface area contributed by atoms with Gasteiger partial charge in [-0.1, -0.05) is 33.6 Å². The number of halogens is 1. The van der Waals surface area contributed by atoms with Gasteiger partial charge < -0.3 is 14.2 Å². The zero-order valence-corrected chi connectivity index (χ0v) is 12.0. The summed E-state index contributed by atoms with van der Waals surface area (Å²) in [5, 5.41) is 0.800. The topological polar surface area (TPSA) is 27.7 Å². The van der Waals surface area contributed by atoms with Crippen LogP contribution in [-0.2, 0) is 14.8 Å². The molecule has 0 spiro atoms. The molecule has 0 N–H and O–H groups in total. The molecule has 0 atom stereocenters. The molecule has 0 fully saturated rings. The van der Waals surface area contributed by atoms with Gasteiger partial charge >= 0.3 is 0 Å². The third kappa shape index (κ3) is 5.52. The van der Waals surface area contributed by atoms with Gasteiger partial charge in [0.05, 0.1) is 19.8 Å². The molecule has 0 aromatic heterocycles. The molecule has 0 radical (unpaired) electrons. The fraction of sp³-hybridized carbons (Fsp3) is 0.538. The molecular formula is C13H19BrO3. The lowest BCUT2D eigenvalue weighted by Crippen LogP contribution is -2.10. The van der Waals surface area contributed by atoms with E-state index in [0.717, 1.165) is 11.1 Å². The third-order valence-corrected chi connectivity index (χ3v) is 2.88. The Morgan fingerprint density at radius 3 is 2.59 bits per heavy atom. The minimum absolute atomic E-state index is 0.562. The summed E-state index contributed by atoms with van der Waals surface area (Å²) in [6.07, 6.45) is 0. The highest BCUT2D eigenvalue weighted by Gasteiger charge is 2.02. The Kier molecular flexibility index (Phi) is 7.24. The summed E-state index contributed by atoms with van der Waals surface area (Å²) in [4.78, 5) is 0. The van der Waals surface area contributed by atoms with Crippen molar-refractivity contribution in [3.8, 4) is 5.75 Å². The molecule has 0 aliphatic rings. The Hall–Kier alpha value is -0.580. The Morgan fingerprint density at radius 1 is 1.12 bits per heavy atom. The zero-order valence-electron chi connectivity index (χ0n) is 10.4. The molecular weight excluding hydrogens is 284 g/mol. The van der Waals surface area contributed by atoms with E-state index in [1.165, 1.54) is 11.1 Å². The molecule has 17 heavy (non-hydrogen) atoms. The lowest BCUT2D eigenvalue weighted by atomic mass is 10.1. The summed E-state index contributed by atoms with van der Waals surface area (Å²) in [6, 6.07) is 6.17. The quantitative estimate of drug-likeness (QED) is 0.546. The van der Waals surface area contributed by atoms with Crippen LogP contribution >= 0.6 is 15.9 Å². The molecule has 96 valence electrons. The first kappa shape index (κ1) is 14.5. The van der Waals surface area contributed by atoms with E-state index in [1.54, 1.807) is 7.11 Å². The normalized spacial score (nSPS) is 10.5. The summed E-state index contributed by atoms with van der Waals surface area (Å²) in [5.74, 6) is 0.919. The van der Waals surface area contributed by atoms with Crippen LogP contribution in [-0.4, -0.2) is 33.5 Å². The van der Waals surface area contributed by atoms with Crippen LogP contribution in [0.5, 0.6) is 5.75 Å². The molecule has 0 amide bonds. The summed E-state index contributed by atoms with van der Waals surface area (Å²) >= 11 is 3.46. The molecule has 0 saturated heterocycles. The molecule has 4 heteroatoms. The minimum Gasteiger partial charge on any atom is -0.491 e. The van der Waals surface area contributed by atoms with Gasteiger partial charge in [-0.25, -0.2) is 0 Å². The van der Waals surface area contributed by atoms with E-state index in [0.29, 0.717) is 26.4 Å². The number of aryl methyl sites for hydroxylation is 1. The molecule has 1 aromatic carbocycles. The van der Waals surface area contributed by atoms with Crippen molar-refractivity contribution < 1.29 is 14.2 Å². The second-order valence-electron chi connectivity index (χ2n) is 3.70. The number of hydrogen-bond acceptors (Lipinski definition) is 3. The fourth-order valence-electron chi connectivity index (χ4n) is 1.41.